The second kappa shape index (κ2) is 5.72. The zero-order valence-corrected chi connectivity index (χ0v) is 14.9. The van der Waals surface area contributed by atoms with E-state index in [-0.39, 0.29) is 9.86 Å². The predicted molar refractivity (Wildman–Crippen MR) is 98.2 cm³/mol. The minimum absolute atomic E-state index is 0.0529. The standard InChI is InChI=1S/C18H19NO2S2/c1-3-12-10-18(22-8-9-23-18)17-15(16(12)20)13-6-4-5-7-14(13)19(17)11-21-2/h3-7H,8-11H2,1-2H3/b12-3+. The highest BCUT2D eigenvalue weighted by Crippen LogP contribution is 2.60. The van der Waals surface area contributed by atoms with Crippen molar-refractivity contribution in [2.24, 2.45) is 0 Å². The number of rotatable bonds is 2. The van der Waals surface area contributed by atoms with Gasteiger partial charge in [-0.1, -0.05) is 24.3 Å². The summed E-state index contributed by atoms with van der Waals surface area (Å²) in [5, 5.41) is 1.05. The summed E-state index contributed by atoms with van der Waals surface area (Å²) in [5.74, 6) is 2.44. The maximum Gasteiger partial charge on any atom is 0.191 e. The molecule has 23 heavy (non-hydrogen) atoms. The molecule has 0 N–H and O–H groups in total. The molecule has 2 aromatic rings. The van der Waals surface area contributed by atoms with Gasteiger partial charge in [-0.15, -0.1) is 23.5 Å². The lowest BCUT2D eigenvalue weighted by Gasteiger charge is -2.34. The molecule has 2 aliphatic rings. The molecule has 1 aromatic carbocycles. The highest BCUT2D eigenvalue weighted by atomic mass is 32.2. The van der Waals surface area contributed by atoms with Crippen molar-refractivity contribution in [2.75, 3.05) is 18.6 Å². The van der Waals surface area contributed by atoms with E-state index < -0.39 is 0 Å². The number of ketones is 1. The number of hydrogen-bond donors (Lipinski definition) is 0. The van der Waals surface area contributed by atoms with Crippen LogP contribution in [-0.2, 0) is 15.5 Å². The van der Waals surface area contributed by atoms with Crippen LogP contribution in [0, 0.1) is 0 Å². The summed E-state index contributed by atoms with van der Waals surface area (Å²) in [6, 6.07) is 8.20. The van der Waals surface area contributed by atoms with Crippen molar-refractivity contribution in [1.29, 1.82) is 0 Å². The molecule has 0 bridgehead atoms. The Morgan fingerprint density at radius 3 is 2.74 bits per heavy atom. The molecular formula is C18H19NO2S2. The molecule has 0 amide bonds. The fourth-order valence-corrected chi connectivity index (χ4v) is 7.07. The van der Waals surface area contributed by atoms with E-state index in [1.54, 1.807) is 7.11 Å². The molecule has 5 heteroatoms. The molecule has 1 saturated heterocycles. The smallest absolute Gasteiger partial charge is 0.191 e. The molecular weight excluding hydrogens is 326 g/mol. The van der Waals surface area contributed by atoms with Crippen LogP contribution in [0.15, 0.2) is 35.9 Å². The number of carbonyl (C=O) groups excluding carboxylic acids is 1. The Bertz CT molecular complexity index is 816. The monoisotopic (exact) mass is 345 g/mol. The fourth-order valence-electron chi connectivity index (χ4n) is 3.69. The molecule has 0 unspecified atom stereocenters. The number of nitrogens with zero attached hydrogens (tertiary/aromatic N) is 1. The van der Waals surface area contributed by atoms with Crippen LogP contribution >= 0.6 is 23.5 Å². The Morgan fingerprint density at radius 1 is 1.30 bits per heavy atom. The molecule has 0 radical (unpaired) electrons. The van der Waals surface area contributed by atoms with Gasteiger partial charge in [-0.05, 0) is 18.6 Å². The molecule has 1 aliphatic carbocycles. The van der Waals surface area contributed by atoms with Gasteiger partial charge in [0.1, 0.15) is 10.8 Å². The van der Waals surface area contributed by atoms with Crippen LogP contribution in [0.1, 0.15) is 29.4 Å². The van der Waals surface area contributed by atoms with Crippen LogP contribution in [-0.4, -0.2) is 29.0 Å². The Morgan fingerprint density at radius 2 is 2.04 bits per heavy atom. The second-order valence-electron chi connectivity index (χ2n) is 5.86. The summed E-state index contributed by atoms with van der Waals surface area (Å²) >= 11 is 3.96. The number of allylic oxidation sites excluding steroid dienone is 2. The molecule has 1 aromatic heterocycles. The average molecular weight is 345 g/mol. The second-order valence-corrected chi connectivity index (χ2v) is 8.90. The normalized spacial score (nSPS) is 21.5. The summed E-state index contributed by atoms with van der Waals surface area (Å²) in [7, 11) is 1.71. The lowest BCUT2D eigenvalue weighted by Crippen LogP contribution is -2.30. The number of thioether (sulfide) groups is 2. The highest BCUT2D eigenvalue weighted by Gasteiger charge is 2.48. The summed E-state index contributed by atoms with van der Waals surface area (Å²) in [6.45, 7) is 2.46. The van der Waals surface area contributed by atoms with Crippen molar-refractivity contribution in [3.8, 4) is 0 Å². The van der Waals surface area contributed by atoms with E-state index >= 15 is 0 Å². The number of para-hydroxylation sites is 1. The fraction of sp³-hybridized carbons (Fsp3) is 0.389. The van der Waals surface area contributed by atoms with E-state index in [0.29, 0.717) is 6.73 Å². The van der Waals surface area contributed by atoms with Crippen molar-refractivity contribution in [2.45, 2.75) is 24.2 Å². The molecule has 1 fully saturated rings. The minimum atomic E-state index is -0.0529. The van der Waals surface area contributed by atoms with E-state index in [1.165, 1.54) is 0 Å². The van der Waals surface area contributed by atoms with Crippen LogP contribution < -0.4 is 0 Å². The van der Waals surface area contributed by atoms with Gasteiger partial charge in [0, 0.05) is 30.4 Å². The van der Waals surface area contributed by atoms with E-state index in [4.69, 9.17) is 4.74 Å². The summed E-state index contributed by atoms with van der Waals surface area (Å²) < 4.78 is 7.63. The van der Waals surface area contributed by atoms with Crippen molar-refractivity contribution < 1.29 is 9.53 Å². The molecule has 120 valence electrons. The van der Waals surface area contributed by atoms with E-state index in [9.17, 15) is 4.79 Å². The van der Waals surface area contributed by atoms with Gasteiger partial charge in [0.2, 0.25) is 0 Å². The quantitative estimate of drug-likeness (QED) is 0.755. The van der Waals surface area contributed by atoms with Crippen LogP contribution in [0.5, 0.6) is 0 Å². The number of fused-ring (bicyclic) bond motifs is 4. The maximum atomic E-state index is 13.1. The van der Waals surface area contributed by atoms with Gasteiger partial charge >= 0.3 is 0 Å². The number of carbonyl (C=O) groups is 1. The van der Waals surface area contributed by atoms with Crippen molar-refractivity contribution in [3.05, 3.63) is 47.2 Å². The van der Waals surface area contributed by atoms with Crippen LogP contribution in [0.25, 0.3) is 10.9 Å². The Labute approximate surface area is 144 Å². The number of Topliss-reactive ketones (excluding diaryl/α,β-unsaturated/α-hetero) is 1. The lowest BCUT2D eigenvalue weighted by molar-refractivity contribution is 0.102. The molecule has 4 rings (SSSR count). The third-order valence-corrected chi connectivity index (χ3v) is 8.02. The molecule has 1 aliphatic heterocycles. The number of methoxy groups -OCH3 is 1. The number of ether oxygens (including phenoxy) is 1. The van der Waals surface area contributed by atoms with Crippen LogP contribution in [0.2, 0.25) is 0 Å². The van der Waals surface area contributed by atoms with Crippen LogP contribution in [0.4, 0.5) is 0 Å². The molecule has 0 atom stereocenters. The van der Waals surface area contributed by atoms with Gasteiger partial charge in [0.05, 0.1) is 16.8 Å². The Hall–Kier alpha value is -1.17. The largest absolute Gasteiger partial charge is 0.364 e. The Balaban J connectivity index is 2.10. The lowest BCUT2D eigenvalue weighted by atomic mass is 9.88. The number of benzene rings is 1. The SMILES string of the molecule is C/C=C1\CC2(SCCS2)c2c(c3ccccc3n2COC)C1=O. The number of hydrogen-bond acceptors (Lipinski definition) is 4. The minimum Gasteiger partial charge on any atom is -0.364 e. The van der Waals surface area contributed by atoms with Crippen molar-refractivity contribution in [3.63, 3.8) is 0 Å². The predicted octanol–water partition coefficient (Wildman–Crippen LogP) is 4.41. The molecule has 1 spiro atoms. The summed E-state index contributed by atoms with van der Waals surface area (Å²) in [4.78, 5) is 13.1. The van der Waals surface area contributed by atoms with Crippen LogP contribution in [0.3, 0.4) is 0 Å². The molecule has 3 nitrogen and oxygen atoms in total. The van der Waals surface area contributed by atoms with Gasteiger partial charge in [0.25, 0.3) is 0 Å². The third-order valence-electron chi connectivity index (χ3n) is 4.63. The molecule has 0 saturated carbocycles. The van der Waals surface area contributed by atoms with E-state index in [1.807, 2.05) is 48.7 Å². The van der Waals surface area contributed by atoms with E-state index in [0.717, 1.165) is 45.7 Å². The zero-order chi connectivity index (χ0) is 16.0. The summed E-state index contributed by atoms with van der Waals surface area (Å²) in [5.41, 5.74) is 4.08. The number of aromatic nitrogens is 1. The molecule has 2 heterocycles. The first-order valence-electron chi connectivity index (χ1n) is 7.80. The first-order valence-corrected chi connectivity index (χ1v) is 9.77. The van der Waals surface area contributed by atoms with Gasteiger partial charge in [-0.3, -0.25) is 4.79 Å². The van der Waals surface area contributed by atoms with Crippen molar-refractivity contribution in [1.82, 2.24) is 4.57 Å². The zero-order valence-electron chi connectivity index (χ0n) is 13.3. The first kappa shape index (κ1) is 15.4. The van der Waals surface area contributed by atoms with Gasteiger partial charge in [-0.2, -0.15) is 0 Å². The third kappa shape index (κ3) is 2.13. The van der Waals surface area contributed by atoms with Gasteiger partial charge < -0.3 is 9.30 Å². The van der Waals surface area contributed by atoms with E-state index in [2.05, 4.69) is 16.7 Å². The Kier molecular flexibility index (Phi) is 3.82. The average Bonchev–Trinajstić information content (AvgIpc) is 3.16. The highest BCUT2D eigenvalue weighted by molar-refractivity contribution is 8.20. The first-order chi connectivity index (χ1) is 11.2. The van der Waals surface area contributed by atoms with Crippen molar-refractivity contribution >= 4 is 40.2 Å². The topological polar surface area (TPSA) is 31.2 Å². The maximum absolute atomic E-state index is 13.1. The summed E-state index contributed by atoms with van der Waals surface area (Å²) in [6.07, 6.45) is 2.81. The van der Waals surface area contributed by atoms with Gasteiger partial charge in [-0.25, -0.2) is 0 Å². The van der Waals surface area contributed by atoms with Gasteiger partial charge in [0.15, 0.2) is 5.78 Å².